The van der Waals surface area contributed by atoms with Crippen molar-refractivity contribution in [2.24, 2.45) is 0 Å². The van der Waals surface area contributed by atoms with Crippen LogP contribution in [0.5, 0.6) is 11.5 Å². The van der Waals surface area contributed by atoms with E-state index in [1.165, 1.54) is 12.1 Å². The number of carbonyl (C=O) groups excluding carboxylic acids is 1. The molecule has 0 atom stereocenters. The number of amides is 1. The van der Waals surface area contributed by atoms with Crippen molar-refractivity contribution in [1.82, 2.24) is 20.9 Å². The average Bonchev–Trinajstić information content (AvgIpc) is 3.19. The zero-order valence-corrected chi connectivity index (χ0v) is 18.6. The number of hydrogen-bond donors (Lipinski definition) is 3. The van der Waals surface area contributed by atoms with Gasteiger partial charge in [-0.25, -0.2) is 9.02 Å². The molecule has 0 saturated carbocycles. The van der Waals surface area contributed by atoms with Gasteiger partial charge in [-0.15, -0.1) is 12.4 Å². The SMILES string of the molecule is COc1cc(CNCCNC(=O)c2nonc2N)ccc1OCc1ccc(F)cc1Cl.Cl. The highest BCUT2D eigenvalue weighted by atomic mass is 35.5. The van der Waals surface area contributed by atoms with E-state index in [4.69, 9.17) is 26.8 Å². The van der Waals surface area contributed by atoms with Crippen LogP contribution in [0.3, 0.4) is 0 Å². The molecule has 0 radical (unpaired) electrons. The fourth-order valence-electron chi connectivity index (χ4n) is 2.67. The van der Waals surface area contributed by atoms with Crippen molar-refractivity contribution in [1.29, 1.82) is 0 Å². The van der Waals surface area contributed by atoms with Crippen LogP contribution in [0.4, 0.5) is 10.2 Å². The molecule has 3 rings (SSSR count). The Morgan fingerprint density at radius 1 is 1.19 bits per heavy atom. The smallest absolute Gasteiger partial charge is 0.277 e. The van der Waals surface area contributed by atoms with Gasteiger partial charge in [0.15, 0.2) is 11.5 Å². The summed E-state index contributed by atoms with van der Waals surface area (Å²) in [5, 5.41) is 13.0. The van der Waals surface area contributed by atoms with E-state index in [9.17, 15) is 9.18 Å². The average molecular weight is 486 g/mol. The lowest BCUT2D eigenvalue weighted by atomic mass is 10.2. The molecule has 3 aromatic rings. The predicted octanol–water partition coefficient (Wildman–Crippen LogP) is 2.97. The minimum Gasteiger partial charge on any atom is -0.493 e. The van der Waals surface area contributed by atoms with Crippen molar-refractivity contribution in [2.45, 2.75) is 13.2 Å². The van der Waals surface area contributed by atoms with Crippen molar-refractivity contribution < 1.29 is 23.3 Å². The van der Waals surface area contributed by atoms with Gasteiger partial charge < -0.3 is 25.8 Å². The maximum absolute atomic E-state index is 13.2. The molecule has 0 unspecified atom stereocenters. The van der Waals surface area contributed by atoms with E-state index >= 15 is 0 Å². The number of aromatic nitrogens is 2. The number of halogens is 3. The maximum Gasteiger partial charge on any atom is 0.277 e. The number of nitrogens with zero attached hydrogens (tertiary/aromatic N) is 2. The van der Waals surface area contributed by atoms with E-state index in [1.54, 1.807) is 19.2 Å². The van der Waals surface area contributed by atoms with Crippen molar-refractivity contribution in [3.8, 4) is 11.5 Å². The number of nitrogens with one attached hydrogen (secondary N) is 2. The minimum atomic E-state index is -0.454. The molecule has 0 fully saturated rings. The Bertz CT molecular complexity index is 1050. The van der Waals surface area contributed by atoms with Crippen LogP contribution in [0.1, 0.15) is 21.6 Å². The first kappa shape index (κ1) is 25.2. The van der Waals surface area contributed by atoms with E-state index in [1.807, 2.05) is 12.1 Å². The number of hydrogen-bond acceptors (Lipinski definition) is 8. The molecule has 12 heteroatoms. The van der Waals surface area contributed by atoms with Crippen molar-refractivity contribution in [3.63, 3.8) is 0 Å². The fraction of sp³-hybridized carbons (Fsp3) is 0.250. The van der Waals surface area contributed by atoms with E-state index in [-0.39, 0.29) is 30.5 Å². The van der Waals surface area contributed by atoms with Crippen LogP contribution < -0.4 is 25.8 Å². The molecule has 32 heavy (non-hydrogen) atoms. The molecule has 0 aliphatic carbocycles. The molecular formula is C20H22Cl2FN5O4. The van der Waals surface area contributed by atoms with Crippen LogP contribution in [0.25, 0.3) is 0 Å². The summed E-state index contributed by atoms with van der Waals surface area (Å²) in [6.07, 6.45) is 0. The van der Waals surface area contributed by atoms with Crippen molar-refractivity contribution in [2.75, 3.05) is 25.9 Å². The molecule has 0 saturated heterocycles. The number of rotatable bonds is 10. The summed E-state index contributed by atoms with van der Waals surface area (Å²) >= 11 is 6.03. The lowest BCUT2D eigenvalue weighted by Crippen LogP contribution is -2.32. The monoisotopic (exact) mass is 485 g/mol. The number of nitrogens with two attached hydrogens (primary N) is 1. The van der Waals surface area contributed by atoms with Gasteiger partial charge in [0, 0.05) is 25.2 Å². The van der Waals surface area contributed by atoms with Gasteiger partial charge in [-0.05, 0) is 40.1 Å². The van der Waals surface area contributed by atoms with Gasteiger partial charge in [0.25, 0.3) is 5.91 Å². The summed E-state index contributed by atoms with van der Waals surface area (Å²) in [6.45, 7) is 1.60. The highest BCUT2D eigenvalue weighted by Crippen LogP contribution is 2.29. The minimum absolute atomic E-state index is 0. The summed E-state index contributed by atoms with van der Waals surface area (Å²) in [7, 11) is 1.55. The molecule has 9 nitrogen and oxygen atoms in total. The third-order valence-electron chi connectivity index (χ3n) is 4.27. The Balaban J connectivity index is 0.00000363. The highest BCUT2D eigenvalue weighted by molar-refractivity contribution is 6.31. The predicted molar refractivity (Wildman–Crippen MR) is 119 cm³/mol. The molecule has 0 aliphatic heterocycles. The summed E-state index contributed by atoms with van der Waals surface area (Å²) in [5.74, 6) is 0.186. The number of anilines is 1. The van der Waals surface area contributed by atoms with Gasteiger partial charge in [-0.3, -0.25) is 4.79 Å². The van der Waals surface area contributed by atoms with Crippen LogP contribution in [0.2, 0.25) is 5.02 Å². The second-order valence-corrected chi connectivity index (χ2v) is 6.85. The molecule has 1 amide bonds. The van der Waals surface area contributed by atoms with E-state index < -0.39 is 11.7 Å². The van der Waals surface area contributed by atoms with Gasteiger partial charge in [-0.1, -0.05) is 23.7 Å². The first-order valence-corrected chi connectivity index (χ1v) is 9.66. The zero-order valence-electron chi connectivity index (χ0n) is 17.1. The lowest BCUT2D eigenvalue weighted by Gasteiger charge is -2.13. The number of benzene rings is 2. The van der Waals surface area contributed by atoms with Crippen LogP contribution in [0.15, 0.2) is 41.0 Å². The van der Waals surface area contributed by atoms with Crippen LogP contribution in [-0.4, -0.2) is 36.4 Å². The normalized spacial score (nSPS) is 10.3. The molecular weight excluding hydrogens is 464 g/mol. The molecule has 2 aromatic carbocycles. The Hall–Kier alpha value is -3.08. The van der Waals surface area contributed by atoms with E-state index in [0.717, 1.165) is 5.56 Å². The standard InChI is InChI=1S/C20H21ClFN5O4.ClH/c1-29-17-8-12(10-24-6-7-25-20(28)18-19(23)27-31-26-18)2-5-16(17)30-11-13-3-4-14(22)9-15(13)21;/h2-5,8-9,24H,6-7,10-11H2,1H3,(H2,23,27)(H,25,28);1H. The largest absolute Gasteiger partial charge is 0.493 e. The molecule has 1 heterocycles. The van der Waals surface area contributed by atoms with Crippen LogP contribution in [0, 0.1) is 5.82 Å². The number of nitrogen functional groups attached to an aromatic ring is 1. The Kier molecular flexibility index (Phi) is 9.51. The topological polar surface area (TPSA) is 125 Å². The Morgan fingerprint density at radius 2 is 2.00 bits per heavy atom. The zero-order chi connectivity index (χ0) is 22.2. The van der Waals surface area contributed by atoms with Gasteiger partial charge in [0.1, 0.15) is 12.4 Å². The fourth-order valence-corrected chi connectivity index (χ4v) is 2.89. The van der Waals surface area contributed by atoms with E-state index in [0.29, 0.717) is 41.7 Å². The third-order valence-corrected chi connectivity index (χ3v) is 4.62. The highest BCUT2D eigenvalue weighted by Gasteiger charge is 2.15. The molecule has 172 valence electrons. The number of methoxy groups -OCH3 is 1. The number of ether oxygens (including phenoxy) is 2. The maximum atomic E-state index is 13.2. The second kappa shape index (κ2) is 12.1. The Morgan fingerprint density at radius 3 is 2.69 bits per heavy atom. The quantitative estimate of drug-likeness (QED) is 0.374. The lowest BCUT2D eigenvalue weighted by molar-refractivity contribution is 0.0944. The first-order valence-electron chi connectivity index (χ1n) is 9.28. The van der Waals surface area contributed by atoms with Gasteiger partial charge in [-0.2, -0.15) is 0 Å². The van der Waals surface area contributed by atoms with E-state index in [2.05, 4.69) is 25.6 Å². The summed E-state index contributed by atoms with van der Waals surface area (Å²) in [6, 6.07) is 9.67. The van der Waals surface area contributed by atoms with Gasteiger partial charge in [0.05, 0.1) is 12.1 Å². The molecule has 0 spiro atoms. The molecule has 4 N–H and O–H groups in total. The van der Waals surface area contributed by atoms with Gasteiger partial charge in [0.2, 0.25) is 11.5 Å². The summed E-state index contributed by atoms with van der Waals surface area (Å²) < 4.78 is 28.7. The molecule has 0 bridgehead atoms. The molecule has 1 aromatic heterocycles. The summed E-state index contributed by atoms with van der Waals surface area (Å²) in [4.78, 5) is 11.8. The van der Waals surface area contributed by atoms with Crippen molar-refractivity contribution in [3.05, 3.63) is 64.1 Å². The second-order valence-electron chi connectivity index (χ2n) is 6.44. The Labute approximate surface area is 194 Å². The summed E-state index contributed by atoms with van der Waals surface area (Å²) in [5.41, 5.74) is 7.05. The van der Waals surface area contributed by atoms with Crippen LogP contribution in [-0.2, 0) is 13.2 Å². The number of carbonyl (C=O) groups is 1. The molecule has 0 aliphatic rings. The van der Waals surface area contributed by atoms with Gasteiger partial charge >= 0.3 is 0 Å². The van der Waals surface area contributed by atoms with Crippen LogP contribution >= 0.6 is 24.0 Å². The third kappa shape index (κ3) is 6.71. The van der Waals surface area contributed by atoms with Crippen molar-refractivity contribution >= 4 is 35.7 Å². The first-order chi connectivity index (χ1) is 15.0.